The second-order valence-electron chi connectivity index (χ2n) is 4.50. The van der Waals surface area contributed by atoms with E-state index >= 15 is 0 Å². The molecule has 6 nitrogen and oxygen atoms in total. The summed E-state index contributed by atoms with van der Waals surface area (Å²) in [4.78, 5) is 4.31. The molecule has 0 heterocycles. The Morgan fingerprint density at radius 3 is 2.48 bits per heavy atom. The van der Waals surface area contributed by atoms with Crippen LogP contribution in [-0.2, 0) is 11.3 Å². The molecule has 21 heavy (non-hydrogen) atoms. The standard InChI is InChI=1S/C14H22BrN3O3/c1-9(8-19-2)18-14(16)17-7-10-5-12(20-3)13(21-4)6-11(10)15/h5-6,9H,7-8H2,1-4H3,(H3,16,17,18). The van der Waals surface area contributed by atoms with Crippen molar-refractivity contribution < 1.29 is 14.2 Å². The van der Waals surface area contributed by atoms with Gasteiger partial charge in [0, 0.05) is 17.6 Å². The Labute approximate surface area is 133 Å². The summed E-state index contributed by atoms with van der Waals surface area (Å²) in [5, 5.41) is 3.05. The van der Waals surface area contributed by atoms with Gasteiger partial charge < -0.3 is 25.3 Å². The van der Waals surface area contributed by atoms with Crippen molar-refractivity contribution in [3.05, 3.63) is 22.2 Å². The maximum Gasteiger partial charge on any atom is 0.189 e. The molecule has 0 bridgehead atoms. The predicted octanol–water partition coefficient (Wildman–Crippen LogP) is 1.91. The van der Waals surface area contributed by atoms with E-state index in [1.807, 2.05) is 19.1 Å². The first kappa shape index (κ1) is 17.6. The summed E-state index contributed by atoms with van der Waals surface area (Å²) in [5.41, 5.74) is 6.80. The van der Waals surface area contributed by atoms with E-state index in [9.17, 15) is 0 Å². The third kappa shape index (κ3) is 5.43. The van der Waals surface area contributed by atoms with Crippen LogP contribution < -0.4 is 20.5 Å². The van der Waals surface area contributed by atoms with Crippen molar-refractivity contribution in [1.29, 1.82) is 0 Å². The van der Waals surface area contributed by atoms with Crippen LogP contribution in [0.25, 0.3) is 0 Å². The number of nitrogens with one attached hydrogen (secondary N) is 1. The zero-order valence-electron chi connectivity index (χ0n) is 12.8. The summed E-state index contributed by atoms with van der Waals surface area (Å²) >= 11 is 3.49. The van der Waals surface area contributed by atoms with Gasteiger partial charge in [0.15, 0.2) is 17.5 Å². The normalized spacial score (nSPS) is 12.9. The lowest BCUT2D eigenvalue weighted by molar-refractivity contribution is 0.179. The van der Waals surface area contributed by atoms with Gasteiger partial charge in [-0.3, -0.25) is 0 Å². The van der Waals surface area contributed by atoms with Crippen molar-refractivity contribution in [3.63, 3.8) is 0 Å². The summed E-state index contributed by atoms with van der Waals surface area (Å²) in [6, 6.07) is 3.83. The van der Waals surface area contributed by atoms with Gasteiger partial charge in [0.1, 0.15) is 0 Å². The molecule has 0 spiro atoms. The molecule has 0 fully saturated rings. The maximum atomic E-state index is 5.84. The fourth-order valence-corrected chi connectivity index (χ4v) is 2.23. The highest BCUT2D eigenvalue weighted by molar-refractivity contribution is 9.10. The van der Waals surface area contributed by atoms with E-state index < -0.39 is 0 Å². The van der Waals surface area contributed by atoms with Gasteiger partial charge in [-0.15, -0.1) is 0 Å². The van der Waals surface area contributed by atoms with E-state index in [1.54, 1.807) is 21.3 Å². The molecule has 0 aromatic heterocycles. The quantitative estimate of drug-likeness (QED) is 0.574. The zero-order valence-corrected chi connectivity index (χ0v) is 14.4. The highest BCUT2D eigenvalue weighted by atomic mass is 79.9. The average Bonchev–Trinajstić information content (AvgIpc) is 2.45. The van der Waals surface area contributed by atoms with E-state index in [1.165, 1.54) is 0 Å². The molecule has 1 atom stereocenters. The van der Waals surface area contributed by atoms with Crippen molar-refractivity contribution in [1.82, 2.24) is 5.32 Å². The molecule has 0 aliphatic heterocycles. The second kappa shape index (κ2) is 8.74. The number of rotatable bonds is 7. The second-order valence-corrected chi connectivity index (χ2v) is 5.36. The first-order valence-electron chi connectivity index (χ1n) is 6.47. The molecule has 3 N–H and O–H groups in total. The molecule has 118 valence electrons. The number of ether oxygens (including phenoxy) is 3. The van der Waals surface area contributed by atoms with Crippen molar-refractivity contribution in [3.8, 4) is 11.5 Å². The number of methoxy groups -OCH3 is 3. The molecule has 0 radical (unpaired) electrons. The lowest BCUT2D eigenvalue weighted by Crippen LogP contribution is -2.40. The Balaban J connectivity index is 2.78. The summed E-state index contributed by atoms with van der Waals surface area (Å²) in [7, 11) is 4.84. The number of halogens is 1. The smallest absolute Gasteiger partial charge is 0.189 e. The number of nitrogens with two attached hydrogens (primary N) is 1. The van der Waals surface area contributed by atoms with E-state index in [0.29, 0.717) is 30.6 Å². The van der Waals surface area contributed by atoms with Crippen molar-refractivity contribution >= 4 is 21.9 Å². The van der Waals surface area contributed by atoms with Gasteiger partial charge in [-0.25, -0.2) is 4.99 Å². The Bertz CT molecular complexity index is 495. The molecule has 0 aliphatic rings. The van der Waals surface area contributed by atoms with Gasteiger partial charge in [-0.2, -0.15) is 0 Å². The van der Waals surface area contributed by atoms with Crippen LogP contribution in [-0.4, -0.2) is 39.9 Å². The Kier molecular flexibility index (Phi) is 7.31. The van der Waals surface area contributed by atoms with Crippen LogP contribution in [0, 0.1) is 0 Å². The minimum absolute atomic E-state index is 0.104. The number of hydrogen-bond acceptors (Lipinski definition) is 4. The number of nitrogens with zero attached hydrogens (tertiary/aromatic N) is 1. The van der Waals surface area contributed by atoms with E-state index in [0.717, 1.165) is 10.0 Å². The van der Waals surface area contributed by atoms with E-state index in [4.69, 9.17) is 19.9 Å². The van der Waals surface area contributed by atoms with Crippen LogP contribution in [0.2, 0.25) is 0 Å². The first-order valence-corrected chi connectivity index (χ1v) is 7.26. The molecule has 7 heteroatoms. The SMILES string of the molecule is COCC(C)NC(N)=NCc1cc(OC)c(OC)cc1Br. The predicted molar refractivity (Wildman–Crippen MR) is 87.0 cm³/mol. The number of guanidine groups is 1. The van der Waals surface area contributed by atoms with Crippen LogP contribution >= 0.6 is 15.9 Å². The van der Waals surface area contributed by atoms with Gasteiger partial charge in [0.25, 0.3) is 0 Å². The maximum absolute atomic E-state index is 5.84. The highest BCUT2D eigenvalue weighted by Gasteiger charge is 2.09. The molecule has 1 rings (SSSR count). The van der Waals surface area contributed by atoms with Gasteiger partial charge >= 0.3 is 0 Å². The topological polar surface area (TPSA) is 78.1 Å². The summed E-state index contributed by atoms with van der Waals surface area (Å²) in [6.07, 6.45) is 0. The number of benzene rings is 1. The third-order valence-corrected chi connectivity index (χ3v) is 3.52. The molecule has 1 aromatic carbocycles. The first-order chi connectivity index (χ1) is 10.0. The molecule has 1 aromatic rings. The molecule has 1 unspecified atom stereocenters. The fourth-order valence-electron chi connectivity index (χ4n) is 1.78. The number of hydrogen-bond donors (Lipinski definition) is 2. The Hall–Kier alpha value is -1.47. The molecule has 0 aliphatic carbocycles. The molecular formula is C14H22BrN3O3. The third-order valence-electron chi connectivity index (χ3n) is 2.78. The minimum atomic E-state index is 0.104. The van der Waals surface area contributed by atoms with Crippen molar-refractivity contribution in [2.24, 2.45) is 10.7 Å². The summed E-state index contributed by atoms with van der Waals surface area (Å²) in [5.74, 6) is 1.70. The summed E-state index contributed by atoms with van der Waals surface area (Å²) in [6.45, 7) is 2.97. The van der Waals surface area contributed by atoms with Gasteiger partial charge in [-0.1, -0.05) is 15.9 Å². The van der Waals surface area contributed by atoms with Crippen molar-refractivity contribution in [2.45, 2.75) is 19.5 Å². The fraction of sp³-hybridized carbons (Fsp3) is 0.500. The summed E-state index contributed by atoms with van der Waals surface area (Å²) < 4.78 is 16.4. The molecular weight excluding hydrogens is 338 g/mol. The Morgan fingerprint density at radius 2 is 1.90 bits per heavy atom. The molecule has 0 amide bonds. The van der Waals surface area contributed by atoms with Crippen molar-refractivity contribution in [2.75, 3.05) is 27.9 Å². The van der Waals surface area contributed by atoms with Crippen LogP contribution in [0.1, 0.15) is 12.5 Å². The monoisotopic (exact) mass is 359 g/mol. The molecule has 0 saturated carbocycles. The number of aliphatic imine (C=N–C) groups is 1. The lowest BCUT2D eigenvalue weighted by atomic mass is 10.2. The van der Waals surface area contributed by atoms with E-state index in [-0.39, 0.29) is 6.04 Å². The largest absolute Gasteiger partial charge is 0.493 e. The van der Waals surface area contributed by atoms with Gasteiger partial charge in [0.2, 0.25) is 0 Å². The van der Waals surface area contributed by atoms with Crippen LogP contribution in [0.15, 0.2) is 21.6 Å². The molecule has 0 saturated heterocycles. The average molecular weight is 360 g/mol. The van der Waals surface area contributed by atoms with Crippen LogP contribution in [0.4, 0.5) is 0 Å². The van der Waals surface area contributed by atoms with Crippen LogP contribution in [0.5, 0.6) is 11.5 Å². The lowest BCUT2D eigenvalue weighted by Gasteiger charge is -2.14. The van der Waals surface area contributed by atoms with E-state index in [2.05, 4.69) is 26.2 Å². The minimum Gasteiger partial charge on any atom is -0.493 e. The zero-order chi connectivity index (χ0) is 15.8. The highest BCUT2D eigenvalue weighted by Crippen LogP contribution is 2.33. The van der Waals surface area contributed by atoms with Gasteiger partial charge in [0.05, 0.1) is 27.4 Å². The van der Waals surface area contributed by atoms with Gasteiger partial charge in [-0.05, 0) is 24.6 Å². The van der Waals surface area contributed by atoms with Crippen LogP contribution in [0.3, 0.4) is 0 Å². The Morgan fingerprint density at radius 1 is 1.29 bits per heavy atom.